The summed E-state index contributed by atoms with van der Waals surface area (Å²) in [6, 6.07) is 1.80. The molecule has 2 aromatic rings. The molecule has 0 saturated carbocycles. The van der Waals surface area contributed by atoms with Crippen molar-refractivity contribution in [3.63, 3.8) is 0 Å². The van der Waals surface area contributed by atoms with Crippen molar-refractivity contribution in [2.24, 2.45) is 0 Å². The van der Waals surface area contributed by atoms with E-state index in [1.165, 1.54) is 0 Å². The van der Waals surface area contributed by atoms with Crippen LogP contribution in [0.15, 0.2) is 12.1 Å². The fourth-order valence-corrected chi connectivity index (χ4v) is 1.96. The Balaban J connectivity index is 2.38. The highest BCUT2D eigenvalue weighted by Crippen LogP contribution is 2.35. The largest absolute Gasteiger partial charge is 0.493 e. The van der Waals surface area contributed by atoms with Crippen LogP contribution < -0.4 is 5.43 Å². The molecule has 2 rings (SSSR count). The van der Waals surface area contributed by atoms with E-state index in [0.29, 0.717) is 11.1 Å². The van der Waals surface area contributed by atoms with E-state index in [1.54, 1.807) is 13.8 Å². The van der Waals surface area contributed by atoms with Crippen molar-refractivity contribution in [3.8, 4) is 11.8 Å². The van der Waals surface area contributed by atoms with E-state index in [1.807, 2.05) is 0 Å². The molecule has 2 aromatic heterocycles. The summed E-state index contributed by atoms with van der Waals surface area (Å²) in [5.41, 5.74) is 2.27. The van der Waals surface area contributed by atoms with Crippen LogP contribution in [-0.4, -0.2) is 19.9 Å². The summed E-state index contributed by atoms with van der Waals surface area (Å²) in [6.45, 7) is 3.16. The Kier molecular flexibility index (Phi) is 3.66. The maximum absolute atomic E-state index is 12.6. The van der Waals surface area contributed by atoms with E-state index in [4.69, 9.17) is 11.6 Å². The quantitative estimate of drug-likeness (QED) is 0.741. The maximum atomic E-state index is 12.6. The van der Waals surface area contributed by atoms with Crippen LogP contribution in [0.4, 0.5) is 19.0 Å². The zero-order valence-corrected chi connectivity index (χ0v) is 11.7. The molecule has 0 atom stereocenters. The lowest BCUT2D eigenvalue weighted by Gasteiger charge is -2.12. The molecular formula is C12H11ClF3N3O2. The van der Waals surface area contributed by atoms with Gasteiger partial charge in [0.15, 0.2) is 0 Å². The average molecular weight is 322 g/mol. The van der Waals surface area contributed by atoms with Gasteiger partial charge in [0, 0.05) is 11.1 Å². The minimum Gasteiger partial charge on any atom is -0.493 e. The smallest absolute Gasteiger partial charge is 0.419 e. The highest BCUT2D eigenvalue weighted by atomic mass is 35.5. The van der Waals surface area contributed by atoms with Gasteiger partial charge < -0.3 is 10.2 Å². The Hall–Kier alpha value is -2.09. The molecular weight excluding hydrogens is 311 g/mol. The molecule has 3 N–H and O–H groups in total. The lowest BCUT2D eigenvalue weighted by molar-refractivity contribution is -0.137. The fraction of sp³-hybridized carbons (Fsp3) is 0.250. The van der Waals surface area contributed by atoms with E-state index < -0.39 is 16.9 Å². The molecule has 0 saturated heterocycles. The fourth-order valence-electron chi connectivity index (χ4n) is 1.70. The molecule has 5 nitrogen and oxygen atoms in total. The van der Waals surface area contributed by atoms with Crippen molar-refractivity contribution in [2.75, 3.05) is 5.43 Å². The van der Waals surface area contributed by atoms with Crippen molar-refractivity contribution in [2.45, 2.75) is 20.0 Å². The van der Waals surface area contributed by atoms with Crippen LogP contribution >= 0.6 is 11.6 Å². The molecule has 0 aliphatic carbocycles. The SMILES string of the molecule is Cc1c(C)c(O)n(Nc2ccc(C(F)(F)F)c(Cl)n2)c1O. The number of alkyl halides is 3. The number of aromatic nitrogens is 2. The third kappa shape index (κ3) is 2.71. The normalized spacial score (nSPS) is 11.7. The number of nitrogens with one attached hydrogen (secondary N) is 1. The van der Waals surface area contributed by atoms with Gasteiger partial charge in [-0.1, -0.05) is 11.6 Å². The molecule has 0 spiro atoms. The van der Waals surface area contributed by atoms with Crippen LogP contribution in [-0.2, 0) is 6.18 Å². The third-order valence-corrected chi connectivity index (χ3v) is 3.33. The number of anilines is 1. The van der Waals surface area contributed by atoms with Gasteiger partial charge in [-0.3, -0.25) is 5.43 Å². The van der Waals surface area contributed by atoms with E-state index in [0.717, 1.165) is 16.8 Å². The Bertz CT molecular complexity index is 673. The predicted octanol–water partition coefficient (Wildman–Crippen LogP) is 3.46. The first-order chi connectivity index (χ1) is 9.62. The number of rotatable bonds is 2. The summed E-state index contributed by atoms with van der Waals surface area (Å²) >= 11 is 5.49. The van der Waals surface area contributed by atoms with Crippen LogP contribution in [0.5, 0.6) is 11.8 Å². The lowest BCUT2D eigenvalue weighted by Crippen LogP contribution is -2.12. The van der Waals surface area contributed by atoms with Gasteiger partial charge >= 0.3 is 6.18 Å². The van der Waals surface area contributed by atoms with Gasteiger partial charge in [-0.25, -0.2) is 4.98 Å². The molecule has 0 aliphatic rings. The number of aromatic hydroxyl groups is 2. The molecule has 0 radical (unpaired) electrons. The predicted molar refractivity (Wildman–Crippen MR) is 70.5 cm³/mol. The molecule has 0 bridgehead atoms. The standard InChI is InChI=1S/C12H11ClF3N3O2/c1-5-6(2)11(21)19(10(5)20)18-8-4-3-7(9(13)17-8)12(14,15)16/h3-4,20-21H,1-2H3,(H,17,18). The molecule has 9 heteroatoms. The lowest BCUT2D eigenvalue weighted by atomic mass is 10.2. The second-order valence-electron chi connectivity index (χ2n) is 4.38. The van der Waals surface area contributed by atoms with Gasteiger partial charge in [0.2, 0.25) is 11.8 Å². The van der Waals surface area contributed by atoms with Crippen molar-refractivity contribution in [3.05, 3.63) is 34.0 Å². The third-order valence-electron chi connectivity index (χ3n) is 3.04. The molecule has 0 aliphatic heterocycles. The molecule has 0 unspecified atom stereocenters. The van der Waals surface area contributed by atoms with E-state index in [-0.39, 0.29) is 17.6 Å². The summed E-state index contributed by atoms with van der Waals surface area (Å²) in [7, 11) is 0. The van der Waals surface area contributed by atoms with E-state index >= 15 is 0 Å². The van der Waals surface area contributed by atoms with Gasteiger partial charge in [-0.2, -0.15) is 17.8 Å². The Labute approximate surface area is 122 Å². The van der Waals surface area contributed by atoms with Crippen molar-refractivity contribution in [1.29, 1.82) is 0 Å². The maximum Gasteiger partial charge on any atom is 0.419 e. The highest BCUT2D eigenvalue weighted by molar-refractivity contribution is 6.30. The zero-order valence-electron chi connectivity index (χ0n) is 11.0. The Morgan fingerprint density at radius 1 is 1.14 bits per heavy atom. The second kappa shape index (κ2) is 5.03. The molecule has 21 heavy (non-hydrogen) atoms. The first kappa shape index (κ1) is 15.3. The summed E-state index contributed by atoms with van der Waals surface area (Å²) in [4.78, 5) is 3.55. The van der Waals surface area contributed by atoms with E-state index in [9.17, 15) is 23.4 Å². The van der Waals surface area contributed by atoms with Crippen LogP contribution in [0.3, 0.4) is 0 Å². The van der Waals surface area contributed by atoms with Gasteiger partial charge in [-0.05, 0) is 26.0 Å². The topological polar surface area (TPSA) is 70.3 Å². The first-order valence-corrected chi connectivity index (χ1v) is 6.11. The number of nitrogens with zero attached hydrogens (tertiary/aromatic N) is 2. The Morgan fingerprint density at radius 3 is 2.10 bits per heavy atom. The summed E-state index contributed by atoms with van der Waals surface area (Å²) in [6.07, 6.45) is -4.60. The van der Waals surface area contributed by atoms with Crippen molar-refractivity contribution in [1.82, 2.24) is 9.66 Å². The minimum atomic E-state index is -4.60. The zero-order chi connectivity index (χ0) is 15.9. The molecule has 0 amide bonds. The van der Waals surface area contributed by atoms with Gasteiger partial charge in [0.25, 0.3) is 0 Å². The summed E-state index contributed by atoms with van der Waals surface area (Å²) in [5, 5.41) is 18.9. The molecule has 0 aromatic carbocycles. The molecule has 0 fully saturated rings. The molecule has 114 valence electrons. The van der Waals surface area contributed by atoms with Crippen molar-refractivity contribution >= 4 is 17.4 Å². The first-order valence-electron chi connectivity index (χ1n) is 5.73. The van der Waals surface area contributed by atoms with Crippen LogP contribution in [0.25, 0.3) is 0 Å². The average Bonchev–Trinajstić information content (AvgIpc) is 2.55. The second-order valence-corrected chi connectivity index (χ2v) is 4.74. The van der Waals surface area contributed by atoms with Gasteiger partial charge in [0.05, 0.1) is 5.56 Å². The minimum absolute atomic E-state index is 0.0615. The van der Waals surface area contributed by atoms with Gasteiger partial charge in [0.1, 0.15) is 11.0 Å². The number of pyridine rings is 1. The van der Waals surface area contributed by atoms with Gasteiger partial charge in [-0.15, -0.1) is 0 Å². The summed E-state index contributed by atoms with van der Waals surface area (Å²) < 4.78 is 38.6. The summed E-state index contributed by atoms with van der Waals surface area (Å²) in [5.74, 6) is -0.612. The number of halogens is 4. The Morgan fingerprint density at radius 2 is 1.67 bits per heavy atom. The number of hydrogen-bond acceptors (Lipinski definition) is 4. The number of hydrogen-bond donors (Lipinski definition) is 3. The van der Waals surface area contributed by atoms with Crippen LogP contribution in [0, 0.1) is 13.8 Å². The van der Waals surface area contributed by atoms with E-state index in [2.05, 4.69) is 10.4 Å². The monoisotopic (exact) mass is 321 g/mol. The molecule has 2 heterocycles. The van der Waals surface area contributed by atoms with Crippen molar-refractivity contribution < 1.29 is 23.4 Å². The van der Waals surface area contributed by atoms with Crippen LogP contribution in [0.2, 0.25) is 5.15 Å². The van der Waals surface area contributed by atoms with Crippen LogP contribution in [0.1, 0.15) is 16.7 Å². The highest BCUT2D eigenvalue weighted by Gasteiger charge is 2.34.